The van der Waals surface area contributed by atoms with Gasteiger partial charge in [0.25, 0.3) is 0 Å². The topological polar surface area (TPSA) is 51.8 Å². The molecule has 0 aliphatic rings. The number of aryl methyl sites for hydroxylation is 2. The van der Waals surface area contributed by atoms with Gasteiger partial charge in [-0.15, -0.1) is 0 Å². The second kappa shape index (κ2) is 4.58. The lowest BCUT2D eigenvalue weighted by atomic mass is 10.4. The average molecular weight is 197 g/mol. The second-order valence-electron chi connectivity index (χ2n) is 3.10. The summed E-state index contributed by atoms with van der Waals surface area (Å²) in [5.74, 6) is 0. The van der Waals surface area contributed by atoms with E-state index in [0.717, 1.165) is 16.5 Å². The van der Waals surface area contributed by atoms with Gasteiger partial charge in [-0.1, -0.05) is 18.7 Å². The summed E-state index contributed by atoms with van der Waals surface area (Å²) in [7, 11) is 0. The van der Waals surface area contributed by atoms with Crippen LogP contribution in [0, 0.1) is 13.8 Å². The van der Waals surface area contributed by atoms with Crippen LogP contribution in [-0.2, 0) is 0 Å². The van der Waals surface area contributed by atoms with Crippen LogP contribution < -0.4 is 5.73 Å². The molecule has 1 aromatic heterocycles. The quantitative estimate of drug-likeness (QED) is 0.590. The van der Waals surface area contributed by atoms with E-state index in [1.54, 1.807) is 11.8 Å². The zero-order valence-electron chi connectivity index (χ0n) is 8.24. The molecule has 1 heterocycles. The highest BCUT2D eigenvalue weighted by Crippen LogP contribution is 2.18. The van der Waals surface area contributed by atoms with Crippen molar-refractivity contribution in [3.8, 4) is 0 Å². The fourth-order valence-corrected chi connectivity index (χ4v) is 1.82. The normalized spacial score (nSPS) is 12.9. The third kappa shape index (κ3) is 3.32. The standard InChI is InChI=1S/C9H15N3S/c1-6-4-7(2)12-9(11-6)13-8(3)5-10/h4,8H,5,10H2,1-3H3. The molecule has 2 N–H and O–H groups in total. The zero-order valence-corrected chi connectivity index (χ0v) is 9.06. The van der Waals surface area contributed by atoms with Gasteiger partial charge in [-0.2, -0.15) is 0 Å². The maximum absolute atomic E-state index is 5.52. The molecule has 0 fully saturated rings. The highest BCUT2D eigenvalue weighted by atomic mass is 32.2. The summed E-state index contributed by atoms with van der Waals surface area (Å²) in [6, 6.07) is 1.97. The molecule has 0 saturated heterocycles. The first kappa shape index (κ1) is 10.5. The Morgan fingerprint density at radius 3 is 2.38 bits per heavy atom. The van der Waals surface area contributed by atoms with Crippen LogP contribution in [0.15, 0.2) is 11.2 Å². The highest BCUT2D eigenvalue weighted by molar-refractivity contribution is 7.99. The van der Waals surface area contributed by atoms with Gasteiger partial charge in [0.1, 0.15) is 0 Å². The third-order valence-electron chi connectivity index (χ3n) is 1.60. The molecule has 13 heavy (non-hydrogen) atoms. The molecule has 0 saturated carbocycles. The predicted molar refractivity (Wildman–Crippen MR) is 55.9 cm³/mol. The molecule has 0 spiro atoms. The Hall–Kier alpha value is -0.610. The summed E-state index contributed by atoms with van der Waals surface area (Å²) >= 11 is 1.62. The van der Waals surface area contributed by atoms with E-state index in [9.17, 15) is 0 Å². The molecule has 1 atom stereocenters. The van der Waals surface area contributed by atoms with Gasteiger partial charge in [-0.25, -0.2) is 9.97 Å². The van der Waals surface area contributed by atoms with E-state index in [0.29, 0.717) is 11.8 Å². The first-order valence-corrected chi connectivity index (χ1v) is 5.19. The van der Waals surface area contributed by atoms with E-state index < -0.39 is 0 Å². The SMILES string of the molecule is Cc1cc(C)nc(SC(C)CN)n1. The van der Waals surface area contributed by atoms with Gasteiger partial charge in [0.15, 0.2) is 5.16 Å². The number of rotatable bonds is 3. The van der Waals surface area contributed by atoms with Crippen molar-refractivity contribution < 1.29 is 0 Å². The summed E-state index contributed by atoms with van der Waals surface area (Å²) in [5, 5.41) is 1.21. The van der Waals surface area contributed by atoms with Gasteiger partial charge in [0.2, 0.25) is 0 Å². The van der Waals surface area contributed by atoms with Crippen molar-refractivity contribution in [2.45, 2.75) is 31.2 Å². The van der Waals surface area contributed by atoms with E-state index in [2.05, 4.69) is 16.9 Å². The Labute approximate surface area is 83.2 Å². The van der Waals surface area contributed by atoms with Gasteiger partial charge in [0.05, 0.1) is 0 Å². The molecule has 1 rings (SSSR count). The van der Waals surface area contributed by atoms with Crippen molar-refractivity contribution in [2.24, 2.45) is 5.73 Å². The smallest absolute Gasteiger partial charge is 0.188 e. The minimum atomic E-state index is 0.376. The van der Waals surface area contributed by atoms with E-state index in [1.807, 2.05) is 19.9 Å². The van der Waals surface area contributed by atoms with Crippen molar-refractivity contribution in [2.75, 3.05) is 6.54 Å². The van der Waals surface area contributed by atoms with Crippen LogP contribution in [0.3, 0.4) is 0 Å². The molecule has 0 bridgehead atoms. The van der Waals surface area contributed by atoms with Gasteiger partial charge in [-0.05, 0) is 19.9 Å². The fourth-order valence-electron chi connectivity index (χ4n) is 0.974. The minimum absolute atomic E-state index is 0.376. The molecular formula is C9H15N3S. The molecule has 1 unspecified atom stereocenters. The lowest BCUT2D eigenvalue weighted by Gasteiger charge is -2.07. The predicted octanol–water partition coefficient (Wildman–Crippen LogP) is 1.53. The Morgan fingerprint density at radius 2 is 1.92 bits per heavy atom. The van der Waals surface area contributed by atoms with Gasteiger partial charge < -0.3 is 5.73 Å². The number of nitrogens with zero attached hydrogens (tertiary/aromatic N) is 2. The van der Waals surface area contributed by atoms with E-state index in [4.69, 9.17) is 5.73 Å². The zero-order chi connectivity index (χ0) is 9.84. The number of aromatic nitrogens is 2. The van der Waals surface area contributed by atoms with Gasteiger partial charge in [-0.3, -0.25) is 0 Å². The van der Waals surface area contributed by atoms with E-state index >= 15 is 0 Å². The second-order valence-corrected chi connectivity index (χ2v) is 4.50. The molecule has 72 valence electrons. The van der Waals surface area contributed by atoms with Crippen molar-refractivity contribution in [1.82, 2.24) is 9.97 Å². The lowest BCUT2D eigenvalue weighted by Crippen LogP contribution is -2.13. The van der Waals surface area contributed by atoms with Crippen molar-refractivity contribution in [3.05, 3.63) is 17.5 Å². The molecule has 3 nitrogen and oxygen atoms in total. The monoisotopic (exact) mass is 197 g/mol. The Kier molecular flexibility index (Phi) is 3.69. The van der Waals surface area contributed by atoms with Crippen LogP contribution in [0.2, 0.25) is 0 Å². The summed E-state index contributed by atoms with van der Waals surface area (Å²) in [4.78, 5) is 8.64. The summed E-state index contributed by atoms with van der Waals surface area (Å²) in [5.41, 5.74) is 7.55. The van der Waals surface area contributed by atoms with Crippen LogP contribution in [0.25, 0.3) is 0 Å². The number of hydrogen-bond acceptors (Lipinski definition) is 4. The largest absolute Gasteiger partial charge is 0.329 e. The van der Waals surface area contributed by atoms with E-state index in [1.165, 1.54) is 0 Å². The number of hydrogen-bond donors (Lipinski definition) is 1. The molecule has 0 amide bonds. The van der Waals surface area contributed by atoms with Crippen molar-refractivity contribution in [1.29, 1.82) is 0 Å². The highest BCUT2D eigenvalue weighted by Gasteiger charge is 2.05. The van der Waals surface area contributed by atoms with Crippen LogP contribution >= 0.6 is 11.8 Å². The summed E-state index contributed by atoms with van der Waals surface area (Å²) in [6.45, 7) is 6.68. The van der Waals surface area contributed by atoms with Crippen LogP contribution in [0.1, 0.15) is 18.3 Å². The molecule has 1 aromatic rings. The Morgan fingerprint density at radius 1 is 1.38 bits per heavy atom. The van der Waals surface area contributed by atoms with Crippen molar-refractivity contribution in [3.63, 3.8) is 0 Å². The number of nitrogens with two attached hydrogens (primary N) is 1. The number of thioether (sulfide) groups is 1. The first-order valence-electron chi connectivity index (χ1n) is 4.31. The Bertz CT molecular complexity index is 268. The molecule has 4 heteroatoms. The molecular weight excluding hydrogens is 182 g/mol. The molecule has 0 radical (unpaired) electrons. The third-order valence-corrected chi connectivity index (χ3v) is 2.59. The van der Waals surface area contributed by atoms with Crippen LogP contribution in [-0.4, -0.2) is 21.8 Å². The molecule has 0 aliphatic carbocycles. The van der Waals surface area contributed by atoms with E-state index in [-0.39, 0.29) is 0 Å². The summed E-state index contributed by atoms with van der Waals surface area (Å²) < 4.78 is 0. The van der Waals surface area contributed by atoms with Gasteiger partial charge >= 0.3 is 0 Å². The molecule has 0 aromatic carbocycles. The molecule has 0 aliphatic heterocycles. The lowest BCUT2D eigenvalue weighted by molar-refractivity contribution is 0.881. The maximum atomic E-state index is 5.52. The Balaban J connectivity index is 2.77. The minimum Gasteiger partial charge on any atom is -0.329 e. The maximum Gasteiger partial charge on any atom is 0.188 e. The first-order chi connectivity index (χ1) is 6.11. The average Bonchev–Trinajstić information content (AvgIpc) is 2.02. The van der Waals surface area contributed by atoms with Crippen LogP contribution in [0.5, 0.6) is 0 Å². The van der Waals surface area contributed by atoms with Crippen LogP contribution in [0.4, 0.5) is 0 Å². The fraction of sp³-hybridized carbons (Fsp3) is 0.556. The van der Waals surface area contributed by atoms with Gasteiger partial charge in [0, 0.05) is 23.2 Å². The summed E-state index contributed by atoms with van der Waals surface area (Å²) in [6.07, 6.45) is 0. The van der Waals surface area contributed by atoms with Crippen molar-refractivity contribution >= 4 is 11.8 Å².